The number of nitrogens with zero attached hydrogens (tertiary/aromatic N) is 3. The molecule has 0 aromatic carbocycles. The Morgan fingerprint density at radius 3 is 2.81 bits per heavy atom. The summed E-state index contributed by atoms with van der Waals surface area (Å²) in [6, 6.07) is 6.37. The van der Waals surface area contributed by atoms with Gasteiger partial charge in [-0.05, 0) is 37.8 Å². The van der Waals surface area contributed by atoms with Crippen molar-refractivity contribution in [3.05, 3.63) is 30.1 Å². The van der Waals surface area contributed by atoms with E-state index >= 15 is 0 Å². The van der Waals surface area contributed by atoms with Crippen LogP contribution in [0, 0.1) is 11.8 Å². The molecule has 0 N–H and O–H groups in total. The average molecular weight is 285 g/mol. The highest BCUT2D eigenvalue weighted by Crippen LogP contribution is 2.15. The number of pyridine rings is 1. The maximum atomic E-state index is 11.8. The summed E-state index contributed by atoms with van der Waals surface area (Å²) in [5, 5.41) is 0. The fraction of sp³-hybridized carbons (Fsp3) is 0.529. The van der Waals surface area contributed by atoms with Gasteiger partial charge in [0.05, 0.1) is 0 Å². The predicted octanol–water partition coefficient (Wildman–Crippen LogP) is 1.57. The highest BCUT2D eigenvalue weighted by molar-refractivity contribution is 5.93. The van der Waals surface area contributed by atoms with E-state index in [1.165, 1.54) is 0 Å². The van der Waals surface area contributed by atoms with Crippen molar-refractivity contribution in [3.63, 3.8) is 0 Å². The van der Waals surface area contributed by atoms with Crippen LogP contribution in [-0.4, -0.2) is 53.4 Å². The first-order chi connectivity index (χ1) is 10.2. The molecule has 1 aliphatic rings. The Bertz CT molecular complexity index is 510. The Morgan fingerprint density at radius 2 is 2.19 bits per heavy atom. The molecule has 1 aromatic heterocycles. The molecule has 0 atom stereocenters. The Labute approximate surface area is 127 Å². The summed E-state index contributed by atoms with van der Waals surface area (Å²) in [6.45, 7) is 4.81. The van der Waals surface area contributed by atoms with Gasteiger partial charge in [-0.3, -0.25) is 9.78 Å². The van der Waals surface area contributed by atoms with Gasteiger partial charge in [-0.1, -0.05) is 12.0 Å². The summed E-state index contributed by atoms with van der Waals surface area (Å²) in [6.07, 6.45) is 4.88. The molecule has 0 saturated carbocycles. The molecule has 0 bridgehead atoms. The monoisotopic (exact) mass is 285 g/mol. The van der Waals surface area contributed by atoms with Crippen LogP contribution >= 0.6 is 0 Å². The lowest BCUT2D eigenvalue weighted by Crippen LogP contribution is -2.45. The molecular weight excluding hydrogens is 262 g/mol. The predicted molar refractivity (Wildman–Crippen MR) is 83.6 cm³/mol. The second-order valence-electron chi connectivity index (χ2n) is 5.43. The van der Waals surface area contributed by atoms with Gasteiger partial charge in [0.15, 0.2) is 0 Å². The van der Waals surface area contributed by atoms with Crippen LogP contribution in [0.15, 0.2) is 24.4 Å². The first kappa shape index (κ1) is 15.5. The number of hydrogen-bond donors (Lipinski definition) is 0. The van der Waals surface area contributed by atoms with E-state index in [9.17, 15) is 4.79 Å². The number of likely N-dealkylation sites (tertiary alicyclic amines) is 1. The topological polar surface area (TPSA) is 36.4 Å². The van der Waals surface area contributed by atoms with Crippen molar-refractivity contribution >= 4 is 5.91 Å². The minimum absolute atomic E-state index is 0.0653. The zero-order chi connectivity index (χ0) is 15.1. The number of carbonyl (C=O) groups excluding carboxylic acids is 1. The van der Waals surface area contributed by atoms with Crippen LogP contribution in [-0.2, 0) is 11.2 Å². The van der Waals surface area contributed by atoms with Crippen LogP contribution in [0.5, 0.6) is 0 Å². The van der Waals surface area contributed by atoms with Gasteiger partial charge in [0, 0.05) is 51.0 Å². The zero-order valence-electron chi connectivity index (χ0n) is 12.9. The van der Waals surface area contributed by atoms with Crippen molar-refractivity contribution in [3.8, 4) is 11.8 Å². The first-order valence-corrected chi connectivity index (χ1v) is 7.52. The summed E-state index contributed by atoms with van der Waals surface area (Å²) in [7, 11) is 1.86. The Balaban J connectivity index is 1.75. The lowest BCUT2D eigenvalue weighted by molar-refractivity contribution is -0.126. The van der Waals surface area contributed by atoms with Gasteiger partial charge in [0.2, 0.25) is 0 Å². The largest absolute Gasteiger partial charge is 0.332 e. The first-order valence-electron chi connectivity index (χ1n) is 7.52. The molecule has 0 spiro atoms. The molecule has 4 nitrogen and oxygen atoms in total. The molecule has 21 heavy (non-hydrogen) atoms. The van der Waals surface area contributed by atoms with Crippen LogP contribution in [0.4, 0.5) is 0 Å². The van der Waals surface area contributed by atoms with Gasteiger partial charge < -0.3 is 9.80 Å². The molecule has 112 valence electrons. The fourth-order valence-electron chi connectivity index (χ4n) is 2.71. The second-order valence-corrected chi connectivity index (χ2v) is 5.43. The molecule has 1 aromatic rings. The third-order valence-corrected chi connectivity index (χ3v) is 4.07. The molecule has 0 aliphatic carbocycles. The van der Waals surface area contributed by atoms with Crippen LogP contribution in [0.1, 0.15) is 25.5 Å². The SMILES string of the molecule is CC#CC(=O)N(C)C1CCN(CCc2ccccn2)CC1. The average Bonchev–Trinajstić information content (AvgIpc) is 2.54. The van der Waals surface area contributed by atoms with E-state index in [1.807, 2.05) is 25.4 Å². The van der Waals surface area contributed by atoms with E-state index in [-0.39, 0.29) is 5.91 Å². The lowest BCUT2D eigenvalue weighted by atomic mass is 10.0. The van der Waals surface area contributed by atoms with E-state index in [0.717, 1.165) is 44.6 Å². The quantitative estimate of drug-likeness (QED) is 0.788. The number of carbonyl (C=O) groups is 1. The van der Waals surface area contributed by atoms with E-state index in [4.69, 9.17) is 0 Å². The van der Waals surface area contributed by atoms with Gasteiger partial charge in [-0.25, -0.2) is 0 Å². The lowest BCUT2D eigenvalue weighted by Gasteiger charge is -2.36. The van der Waals surface area contributed by atoms with Gasteiger partial charge in [0.25, 0.3) is 5.91 Å². The van der Waals surface area contributed by atoms with Gasteiger partial charge in [-0.2, -0.15) is 0 Å². The van der Waals surface area contributed by atoms with Crippen LogP contribution in [0.2, 0.25) is 0 Å². The number of hydrogen-bond acceptors (Lipinski definition) is 3. The minimum Gasteiger partial charge on any atom is -0.332 e. The molecular formula is C17H23N3O. The maximum absolute atomic E-state index is 11.8. The van der Waals surface area contributed by atoms with Crippen molar-refractivity contribution < 1.29 is 4.79 Å². The van der Waals surface area contributed by atoms with E-state index in [0.29, 0.717) is 6.04 Å². The number of amides is 1. The highest BCUT2D eigenvalue weighted by atomic mass is 16.2. The zero-order valence-corrected chi connectivity index (χ0v) is 12.9. The number of piperidine rings is 1. The minimum atomic E-state index is -0.0653. The standard InChI is InChI=1S/C17H23N3O/c1-3-6-17(21)19(2)16-9-13-20(14-10-16)12-8-15-7-4-5-11-18-15/h4-5,7,11,16H,8-10,12-14H2,1-2H3. The number of aromatic nitrogens is 1. The maximum Gasteiger partial charge on any atom is 0.298 e. The molecule has 4 heteroatoms. The van der Waals surface area contributed by atoms with E-state index in [1.54, 1.807) is 11.8 Å². The Kier molecular flexibility index (Phi) is 5.77. The van der Waals surface area contributed by atoms with Crippen molar-refractivity contribution in [1.29, 1.82) is 0 Å². The molecule has 1 saturated heterocycles. The summed E-state index contributed by atoms with van der Waals surface area (Å²) in [5.74, 6) is 5.23. The summed E-state index contributed by atoms with van der Waals surface area (Å²) >= 11 is 0. The van der Waals surface area contributed by atoms with E-state index in [2.05, 4.69) is 27.8 Å². The van der Waals surface area contributed by atoms with Crippen LogP contribution in [0.25, 0.3) is 0 Å². The molecule has 1 fully saturated rings. The summed E-state index contributed by atoms with van der Waals surface area (Å²) < 4.78 is 0. The summed E-state index contributed by atoms with van der Waals surface area (Å²) in [4.78, 5) is 20.4. The molecule has 0 radical (unpaired) electrons. The molecule has 2 heterocycles. The third kappa shape index (κ3) is 4.57. The number of rotatable bonds is 4. The van der Waals surface area contributed by atoms with Gasteiger partial charge >= 0.3 is 0 Å². The van der Waals surface area contributed by atoms with Crippen molar-refractivity contribution in [2.45, 2.75) is 32.2 Å². The Hall–Kier alpha value is -1.86. The Morgan fingerprint density at radius 1 is 1.43 bits per heavy atom. The van der Waals surface area contributed by atoms with Crippen molar-refractivity contribution in [2.24, 2.45) is 0 Å². The van der Waals surface area contributed by atoms with Crippen LogP contribution < -0.4 is 0 Å². The molecule has 1 amide bonds. The van der Waals surface area contributed by atoms with Crippen molar-refractivity contribution in [2.75, 3.05) is 26.7 Å². The fourth-order valence-corrected chi connectivity index (χ4v) is 2.71. The van der Waals surface area contributed by atoms with Crippen LogP contribution in [0.3, 0.4) is 0 Å². The normalized spacial score (nSPS) is 16.1. The molecule has 0 unspecified atom stereocenters. The third-order valence-electron chi connectivity index (χ3n) is 4.07. The molecule has 1 aliphatic heterocycles. The van der Waals surface area contributed by atoms with Crippen molar-refractivity contribution in [1.82, 2.24) is 14.8 Å². The smallest absolute Gasteiger partial charge is 0.298 e. The molecule has 2 rings (SSSR count). The van der Waals surface area contributed by atoms with E-state index < -0.39 is 0 Å². The van der Waals surface area contributed by atoms with Gasteiger partial charge in [0.1, 0.15) is 0 Å². The second kappa shape index (κ2) is 7.80. The highest BCUT2D eigenvalue weighted by Gasteiger charge is 2.24. The summed E-state index contributed by atoms with van der Waals surface area (Å²) in [5.41, 5.74) is 1.14. The van der Waals surface area contributed by atoms with Gasteiger partial charge in [-0.15, -0.1) is 0 Å².